The van der Waals surface area contributed by atoms with E-state index in [1.807, 2.05) is 0 Å². The quantitative estimate of drug-likeness (QED) is 0.313. The lowest BCUT2D eigenvalue weighted by Crippen LogP contribution is -2.42. The van der Waals surface area contributed by atoms with Crippen molar-refractivity contribution in [3.05, 3.63) is 0 Å². The van der Waals surface area contributed by atoms with Crippen LogP contribution in [0.5, 0.6) is 0 Å². The van der Waals surface area contributed by atoms with E-state index in [0.717, 1.165) is 0 Å². The Morgan fingerprint density at radius 3 is 1.91 bits per heavy atom. The zero-order valence-electron chi connectivity index (χ0n) is 5.16. The maximum absolute atomic E-state index is 10.3. The number of amides is 3. The van der Waals surface area contributed by atoms with E-state index < -0.39 is 23.7 Å². The van der Waals surface area contributed by atoms with Gasteiger partial charge in [0.15, 0.2) is 0 Å². The molecule has 0 spiro atoms. The van der Waals surface area contributed by atoms with Gasteiger partial charge in [0.1, 0.15) is 0 Å². The number of carbonyl (C=O) groups is 4. The summed E-state index contributed by atoms with van der Waals surface area (Å²) in [7, 11) is 0. The Kier molecular flexibility index (Phi) is 2.72. The van der Waals surface area contributed by atoms with E-state index >= 15 is 0 Å². The second-order valence-electron chi connectivity index (χ2n) is 1.45. The van der Waals surface area contributed by atoms with Crippen molar-refractivity contribution < 1.29 is 24.3 Å². The third kappa shape index (κ3) is 2.94. The van der Waals surface area contributed by atoms with E-state index in [0.29, 0.717) is 0 Å². The molecule has 0 aliphatic heterocycles. The second kappa shape index (κ2) is 3.30. The Morgan fingerprint density at radius 2 is 1.64 bits per heavy atom. The Morgan fingerprint density at radius 1 is 1.18 bits per heavy atom. The molecule has 0 bridgehead atoms. The van der Waals surface area contributed by atoms with Gasteiger partial charge >= 0.3 is 23.7 Å². The second-order valence-corrected chi connectivity index (χ2v) is 1.45. The Bertz CT molecular complexity index is 233. The summed E-state index contributed by atoms with van der Waals surface area (Å²) in [5, 5.41) is 9.20. The molecule has 0 aliphatic carbocycles. The summed E-state index contributed by atoms with van der Waals surface area (Å²) >= 11 is 0. The normalized spacial score (nSPS) is 8.36. The first-order chi connectivity index (χ1) is 4.95. The minimum absolute atomic E-state index is 1.27. The number of primary amides is 1. The van der Waals surface area contributed by atoms with Crippen LogP contribution in [0, 0.1) is 0 Å². The van der Waals surface area contributed by atoms with Crippen molar-refractivity contribution in [3.8, 4) is 0 Å². The highest BCUT2D eigenvalue weighted by Gasteiger charge is 2.22. The number of nitrogens with two attached hydrogens (primary N) is 1. The van der Waals surface area contributed by atoms with Crippen molar-refractivity contribution in [1.82, 2.24) is 5.32 Å². The number of carboxylic acid groups (broad SMARTS) is 1. The van der Waals surface area contributed by atoms with Gasteiger partial charge in [0.2, 0.25) is 0 Å². The molecule has 4 N–H and O–H groups in total. The van der Waals surface area contributed by atoms with E-state index in [2.05, 4.69) is 5.73 Å². The molecule has 0 saturated heterocycles. The van der Waals surface area contributed by atoms with Gasteiger partial charge in [-0.3, -0.25) is 14.9 Å². The van der Waals surface area contributed by atoms with E-state index in [1.165, 1.54) is 5.32 Å². The van der Waals surface area contributed by atoms with Gasteiger partial charge in [-0.15, -0.1) is 0 Å². The zero-order chi connectivity index (χ0) is 9.02. The first kappa shape index (κ1) is 9.08. The molecule has 3 amide bonds. The van der Waals surface area contributed by atoms with Crippen LogP contribution in [0.2, 0.25) is 0 Å². The minimum atomic E-state index is -1.94. The summed E-state index contributed by atoms with van der Waals surface area (Å²) in [5.74, 6) is -5.22. The van der Waals surface area contributed by atoms with Crippen molar-refractivity contribution in [1.29, 1.82) is 0 Å². The lowest BCUT2D eigenvalue weighted by Gasteiger charge is -1.93. The largest absolute Gasteiger partial charge is 0.475 e. The van der Waals surface area contributed by atoms with Crippen LogP contribution in [-0.2, 0) is 14.4 Å². The molecule has 0 unspecified atom stereocenters. The Labute approximate surface area is 60.2 Å². The number of rotatable bonds is 2. The molecule has 0 radical (unpaired) electrons. The number of urea groups is 1. The molecule has 0 atom stereocenters. The van der Waals surface area contributed by atoms with Crippen molar-refractivity contribution >= 4 is 23.7 Å². The molecule has 0 aromatic heterocycles. The number of nitrogens with one attached hydrogen (secondary N) is 1. The van der Waals surface area contributed by atoms with Crippen molar-refractivity contribution in [3.63, 3.8) is 0 Å². The van der Waals surface area contributed by atoms with E-state index in [9.17, 15) is 19.2 Å². The summed E-state index contributed by atoms with van der Waals surface area (Å²) < 4.78 is 0. The SMILES string of the molecule is NC(=O)NC(=O)C(=O)C(=O)O. The predicted molar refractivity (Wildman–Crippen MR) is 30.4 cm³/mol. The topological polar surface area (TPSA) is 127 Å². The number of carbonyl (C=O) groups excluding carboxylic acids is 3. The number of aliphatic carboxylic acids is 1. The van der Waals surface area contributed by atoms with Gasteiger partial charge in [0.05, 0.1) is 0 Å². The highest BCUT2D eigenvalue weighted by atomic mass is 16.4. The number of ketones is 1. The van der Waals surface area contributed by atoms with Crippen LogP contribution >= 0.6 is 0 Å². The predicted octanol–water partition coefficient (Wildman–Crippen LogP) is -2.17. The van der Waals surface area contributed by atoms with Crippen LogP contribution in [0.15, 0.2) is 0 Å². The molecule has 11 heavy (non-hydrogen) atoms. The van der Waals surface area contributed by atoms with Crippen molar-refractivity contribution in [2.75, 3.05) is 0 Å². The third-order valence-electron chi connectivity index (χ3n) is 0.637. The highest BCUT2D eigenvalue weighted by Crippen LogP contribution is 1.72. The third-order valence-corrected chi connectivity index (χ3v) is 0.637. The van der Waals surface area contributed by atoms with Crippen LogP contribution < -0.4 is 11.1 Å². The van der Waals surface area contributed by atoms with Gasteiger partial charge in [0, 0.05) is 0 Å². The summed E-state index contributed by atoms with van der Waals surface area (Å²) in [6, 6.07) is -1.27. The van der Waals surface area contributed by atoms with Crippen molar-refractivity contribution in [2.45, 2.75) is 0 Å². The number of hydrogen-bond acceptors (Lipinski definition) is 4. The molecule has 0 saturated carbocycles. The molecule has 0 fully saturated rings. The maximum atomic E-state index is 10.3. The van der Waals surface area contributed by atoms with Gasteiger partial charge in [-0.2, -0.15) is 0 Å². The lowest BCUT2D eigenvalue weighted by molar-refractivity contribution is -0.153. The number of hydrogen-bond donors (Lipinski definition) is 3. The summed E-state index contributed by atoms with van der Waals surface area (Å²) in [5.41, 5.74) is 4.42. The Hall–Kier alpha value is -1.92. The number of Topliss-reactive ketones (excluding diaryl/α,β-unsaturated/α-hetero) is 1. The van der Waals surface area contributed by atoms with Crippen molar-refractivity contribution in [2.24, 2.45) is 5.73 Å². The summed E-state index contributed by atoms with van der Waals surface area (Å²) in [6.45, 7) is 0. The van der Waals surface area contributed by atoms with Crippen LogP contribution in [0.25, 0.3) is 0 Å². The number of carboxylic acids is 1. The molecule has 7 nitrogen and oxygen atoms in total. The van der Waals surface area contributed by atoms with Crippen LogP contribution in [-0.4, -0.2) is 28.8 Å². The maximum Gasteiger partial charge on any atom is 0.382 e. The molecule has 0 aliphatic rings. The minimum Gasteiger partial charge on any atom is -0.475 e. The fourth-order valence-corrected chi connectivity index (χ4v) is 0.266. The molecular weight excluding hydrogens is 156 g/mol. The van der Waals surface area contributed by atoms with E-state index in [4.69, 9.17) is 5.11 Å². The average Bonchev–Trinajstić information content (AvgIpc) is 1.84. The van der Waals surface area contributed by atoms with Crippen LogP contribution in [0.4, 0.5) is 4.79 Å². The Balaban J connectivity index is 4.16. The standard InChI is InChI=1S/C4H4N2O5/c5-4(11)6-2(8)1(7)3(9)10/h(H,9,10)(H3,5,6,8,11). The molecule has 0 heterocycles. The average molecular weight is 160 g/mol. The fraction of sp³-hybridized carbons (Fsp3) is 0. The van der Waals surface area contributed by atoms with E-state index in [-0.39, 0.29) is 0 Å². The van der Waals surface area contributed by atoms with Gasteiger partial charge < -0.3 is 10.8 Å². The van der Waals surface area contributed by atoms with Gasteiger partial charge in [-0.25, -0.2) is 9.59 Å². The van der Waals surface area contributed by atoms with Gasteiger partial charge in [-0.05, 0) is 0 Å². The summed E-state index contributed by atoms with van der Waals surface area (Å²) in [6.07, 6.45) is 0. The summed E-state index contributed by atoms with van der Waals surface area (Å²) in [4.78, 5) is 40.1. The molecule has 0 aromatic carbocycles. The lowest BCUT2D eigenvalue weighted by atomic mass is 10.4. The molecular formula is C4H4N2O5. The van der Waals surface area contributed by atoms with E-state index in [1.54, 1.807) is 0 Å². The van der Waals surface area contributed by atoms with Gasteiger partial charge in [0.25, 0.3) is 0 Å². The number of imide groups is 1. The van der Waals surface area contributed by atoms with Gasteiger partial charge in [-0.1, -0.05) is 0 Å². The highest BCUT2D eigenvalue weighted by molar-refractivity contribution is 6.62. The molecule has 0 aromatic rings. The monoisotopic (exact) mass is 160 g/mol. The first-order valence-electron chi connectivity index (χ1n) is 2.33. The zero-order valence-corrected chi connectivity index (χ0v) is 5.16. The fourth-order valence-electron chi connectivity index (χ4n) is 0.266. The molecule has 7 heteroatoms. The smallest absolute Gasteiger partial charge is 0.382 e. The molecule has 60 valence electrons. The molecule has 0 rings (SSSR count). The first-order valence-corrected chi connectivity index (χ1v) is 2.33. The van der Waals surface area contributed by atoms with Crippen LogP contribution in [0.1, 0.15) is 0 Å². The van der Waals surface area contributed by atoms with Crippen LogP contribution in [0.3, 0.4) is 0 Å².